The molecule has 1 unspecified atom stereocenters. The van der Waals surface area contributed by atoms with Gasteiger partial charge in [0.2, 0.25) is 0 Å². The molecule has 1 nitrogen and oxygen atoms in total. The Balaban J connectivity index is 1.61. The van der Waals surface area contributed by atoms with Crippen LogP contribution in [0.4, 0.5) is 0 Å². The molecule has 0 amide bonds. The Morgan fingerprint density at radius 3 is 2.53 bits per heavy atom. The van der Waals surface area contributed by atoms with Gasteiger partial charge in [-0.1, -0.05) is 30.3 Å². The van der Waals surface area contributed by atoms with E-state index >= 15 is 0 Å². The van der Waals surface area contributed by atoms with Gasteiger partial charge < -0.3 is 4.90 Å². The SMILES string of the molecule is S[C@H]1CN(CC2CC2)CCC1c1ccccc1. The minimum Gasteiger partial charge on any atom is -0.302 e. The van der Waals surface area contributed by atoms with Gasteiger partial charge in [-0.05, 0) is 43.2 Å². The lowest BCUT2D eigenvalue weighted by Gasteiger charge is -2.36. The molecular formula is C15H21NS. The first-order valence-electron chi connectivity index (χ1n) is 6.78. The van der Waals surface area contributed by atoms with E-state index in [1.807, 2.05) is 0 Å². The molecule has 92 valence electrons. The zero-order valence-corrected chi connectivity index (χ0v) is 11.2. The molecular weight excluding hydrogens is 226 g/mol. The second kappa shape index (κ2) is 5.03. The van der Waals surface area contributed by atoms with E-state index in [1.165, 1.54) is 44.5 Å². The number of nitrogens with zero attached hydrogens (tertiary/aromatic N) is 1. The van der Waals surface area contributed by atoms with Crippen LogP contribution in [-0.2, 0) is 0 Å². The third-order valence-electron chi connectivity index (χ3n) is 4.11. The van der Waals surface area contributed by atoms with E-state index in [4.69, 9.17) is 12.6 Å². The van der Waals surface area contributed by atoms with Crippen molar-refractivity contribution in [3.05, 3.63) is 35.9 Å². The van der Waals surface area contributed by atoms with Crippen molar-refractivity contribution in [1.29, 1.82) is 0 Å². The third-order valence-corrected chi connectivity index (χ3v) is 4.63. The largest absolute Gasteiger partial charge is 0.302 e. The number of rotatable bonds is 3. The summed E-state index contributed by atoms with van der Waals surface area (Å²) in [6.07, 6.45) is 4.18. The van der Waals surface area contributed by atoms with Crippen LogP contribution in [0, 0.1) is 5.92 Å². The molecule has 1 aromatic carbocycles. The summed E-state index contributed by atoms with van der Waals surface area (Å²) in [4.78, 5) is 2.62. The first kappa shape index (κ1) is 11.6. The molecule has 1 aliphatic carbocycles. The molecule has 1 saturated carbocycles. The predicted octanol–water partition coefficient (Wildman–Crippen LogP) is 3.18. The van der Waals surface area contributed by atoms with Gasteiger partial charge in [0.15, 0.2) is 0 Å². The van der Waals surface area contributed by atoms with Crippen LogP contribution in [0.2, 0.25) is 0 Å². The maximum atomic E-state index is 4.83. The fourth-order valence-corrected chi connectivity index (χ4v) is 3.47. The standard InChI is InChI=1S/C15H21NS/c17-15-11-16(10-12-6-7-12)9-8-14(15)13-4-2-1-3-5-13/h1-5,12,14-15,17H,6-11H2/t14?,15-/m0/s1. The zero-order chi connectivity index (χ0) is 11.7. The van der Waals surface area contributed by atoms with Crippen molar-refractivity contribution in [2.24, 2.45) is 5.92 Å². The van der Waals surface area contributed by atoms with Gasteiger partial charge in [-0.25, -0.2) is 0 Å². The van der Waals surface area contributed by atoms with Crippen molar-refractivity contribution in [1.82, 2.24) is 4.90 Å². The van der Waals surface area contributed by atoms with E-state index in [1.54, 1.807) is 0 Å². The Morgan fingerprint density at radius 2 is 1.88 bits per heavy atom. The fraction of sp³-hybridized carbons (Fsp3) is 0.600. The van der Waals surface area contributed by atoms with E-state index < -0.39 is 0 Å². The lowest BCUT2D eigenvalue weighted by atomic mass is 9.89. The van der Waals surface area contributed by atoms with Crippen LogP contribution in [-0.4, -0.2) is 29.8 Å². The van der Waals surface area contributed by atoms with Gasteiger partial charge >= 0.3 is 0 Å². The quantitative estimate of drug-likeness (QED) is 0.803. The molecule has 0 radical (unpaired) electrons. The summed E-state index contributed by atoms with van der Waals surface area (Å²) in [5.41, 5.74) is 1.47. The van der Waals surface area contributed by atoms with Gasteiger partial charge in [-0.3, -0.25) is 0 Å². The minimum atomic E-state index is 0.505. The molecule has 1 aliphatic heterocycles. The van der Waals surface area contributed by atoms with Crippen molar-refractivity contribution in [3.63, 3.8) is 0 Å². The minimum absolute atomic E-state index is 0.505. The van der Waals surface area contributed by atoms with Crippen LogP contribution >= 0.6 is 12.6 Å². The van der Waals surface area contributed by atoms with E-state index in [2.05, 4.69) is 35.2 Å². The number of piperidine rings is 1. The molecule has 0 aromatic heterocycles. The van der Waals surface area contributed by atoms with Crippen LogP contribution < -0.4 is 0 Å². The Kier molecular flexibility index (Phi) is 3.44. The van der Waals surface area contributed by atoms with Gasteiger partial charge in [0.1, 0.15) is 0 Å². The molecule has 2 heteroatoms. The lowest BCUT2D eigenvalue weighted by molar-refractivity contribution is 0.211. The van der Waals surface area contributed by atoms with Gasteiger partial charge in [0.05, 0.1) is 0 Å². The van der Waals surface area contributed by atoms with Crippen molar-refractivity contribution < 1.29 is 0 Å². The predicted molar refractivity (Wildman–Crippen MR) is 75.7 cm³/mol. The molecule has 0 bridgehead atoms. The second-order valence-corrected chi connectivity index (χ2v) is 6.24. The van der Waals surface area contributed by atoms with Crippen molar-refractivity contribution in [2.75, 3.05) is 19.6 Å². The molecule has 0 N–H and O–H groups in total. The van der Waals surface area contributed by atoms with Crippen LogP contribution in [0.15, 0.2) is 30.3 Å². The molecule has 1 aromatic rings. The Bertz CT molecular complexity index is 360. The summed E-state index contributed by atoms with van der Waals surface area (Å²) in [7, 11) is 0. The monoisotopic (exact) mass is 247 g/mol. The van der Waals surface area contributed by atoms with E-state index in [0.717, 1.165) is 5.92 Å². The van der Waals surface area contributed by atoms with Crippen molar-refractivity contribution in [2.45, 2.75) is 30.4 Å². The molecule has 1 heterocycles. The molecule has 2 fully saturated rings. The molecule has 2 atom stereocenters. The molecule has 0 spiro atoms. The number of benzene rings is 1. The fourth-order valence-electron chi connectivity index (χ4n) is 2.92. The Morgan fingerprint density at radius 1 is 1.12 bits per heavy atom. The summed E-state index contributed by atoms with van der Waals surface area (Å²) in [5, 5.41) is 0.505. The van der Waals surface area contributed by atoms with Crippen LogP contribution in [0.25, 0.3) is 0 Å². The first-order chi connectivity index (χ1) is 8.33. The average molecular weight is 247 g/mol. The number of thiol groups is 1. The molecule has 3 rings (SSSR count). The van der Waals surface area contributed by atoms with E-state index in [9.17, 15) is 0 Å². The highest BCUT2D eigenvalue weighted by Gasteiger charge is 2.31. The van der Waals surface area contributed by atoms with Gasteiger partial charge in [-0.2, -0.15) is 12.6 Å². The van der Waals surface area contributed by atoms with E-state index in [-0.39, 0.29) is 0 Å². The summed E-state index contributed by atoms with van der Waals surface area (Å²) in [6, 6.07) is 10.9. The lowest BCUT2D eigenvalue weighted by Crippen LogP contribution is -2.41. The number of hydrogen-bond acceptors (Lipinski definition) is 2. The number of likely N-dealkylation sites (tertiary alicyclic amines) is 1. The average Bonchev–Trinajstić information content (AvgIpc) is 3.14. The molecule has 2 aliphatic rings. The maximum absolute atomic E-state index is 4.83. The smallest absolute Gasteiger partial charge is 0.0213 e. The van der Waals surface area contributed by atoms with Crippen molar-refractivity contribution >= 4 is 12.6 Å². The van der Waals surface area contributed by atoms with Crippen molar-refractivity contribution in [3.8, 4) is 0 Å². The summed E-state index contributed by atoms with van der Waals surface area (Å²) in [5.74, 6) is 1.65. The Hall–Kier alpha value is -0.470. The van der Waals surface area contributed by atoms with Gasteiger partial charge in [-0.15, -0.1) is 0 Å². The first-order valence-corrected chi connectivity index (χ1v) is 7.30. The summed E-state index contributed by atoms with van der Waals surface area (Å²) < 4.78 is 0. The highest BCUT2D eigenvalue weighted by Crippen LogP contribution is 2.35. The highest BCUT2D eigenvalue weighted by atomic mass is 32.1. The topological polar surface area (TPSA) is 3.24 Å². The van der Waals surface area contributed by atoms with Crippen LogP contribution in [0.5, 0.6) is 0 Å². The number of hydrogen-bond donors (Lipinski definition) is 1. The maximum Gasteiger partial charge on any atom is 0.0213 e. The van der Waals surface area contributed by atoms with Crippen LogP contribution in [0.1, 0.15) is 30.7 Å². The van der Waals surface area contributed by atoms with E-state index in [0.29, 0.717) is 11.2 Å². The van der Waals surface area contributed by atoms with Gasteiger partial charge in [0, 0.05) is 18.3 Å². The summed E-state index contributed by atoms with van der Waals surface area (Å²) in [6.45, 7) is 3.74. The normalized spacial score (nSPS) is 30.4. The Labute approximate surface area is 110 Å². The molecule has 1 saturated heterocycles. The molecule has 17 heavy (non-hydrogen) atoms. The zero-order valence-electron chi connectivity index (χ0n) is 10.3. The second-order valence-electron chi connectivity index (χ2n) is 5.58. The highest BCUT2D eigenvalue weighted by molar-refractivity contribution is 7.81. The van der Waals surface area contributed by atoms with Crippen LogP contribution in [0.3, 0.4) is 0 Å². The summed E-state index contributed by atoms with van der Waals surface area (Å²) >= 11 is 4.83. The van der Waals surface area contributed by atoms with Gasteiger partial charge in [0.25, 0.3) is 0 Å². The third kappa shape index (κ3) is 2.86.